The van der Waals surface area contributed by atoms with Gasteiger partial charge < -0.3 is 9.64 Å². The molecule has 2 aromatic rings. The highest BCUT2D eigenvalue weighted by Crippen LogP contribution is 2.19. The molecular formula is C19H24ClN2O3S+. The molecule has 0 saturated carbocycles. The number of para-hydroxylation sites is 1. The minimum atomic E-state index is -3.46. The van der Waals surface area contributed by atoms with E-state index in [1.807, 2.05) is 30.3 Å². The third kappa shape index (κ3) is 4.98. The van der Waals surface area contributed by atoms with Crippen LogP contribution in [0.4, 0.5) is 0 Å². The van der Waals surface area contributed by atoms with Crippen molar-refractivity contribution in [3.63, 3.8) is 0 Å². The lowest BCUT2D eigenvalue weighted by molar-refractivity contribution is -0.903. The fourth-order valence-corrected chi connectivity index (χ4v) is 4.84. The number of rotatable bonds is 7. The summed E-state index contributed by atoms with van der Waals surface area (Å²) in [6.45, 7) is 4.35. The van der Waals surface area contributed by atoms with Crippen LogP contribution in [0.3, 0.4) is 0 Å². The van der Waals surface area contributed by atoms with Gasteiger partial charge in [-0.25, -0.2) is 8.42 Å². The molecule has 3 rings (SSSR count). The SMILES string of the molecule is O=S(=O)(c1cccc(Cl)c1)N1CC[NH+](CCCOc2ccccc2)CC1. The molecule has 7 heteroatoms. The molecule has 1 N–H and O–H groups in total. The Hall–Kier alpha value is -1.60. The Morgan fingerprint density at radius 1 is 1.04 bits per heavy atom. The fraction of sp³-hybridized carbons (Fsp3) is 0.368. The lowest BCUT2D eigenvalue weighted by Crippen LogP contribution is -3.14. The van der Waals surface area contributed by atoms with Crippen molar-refractivity contribution in [2.75, 3.05) is 39.3 Å². The van der Waals surface area contributed by atoms with Crippen molar-refractivity contribution >= 4 is 21.6 Å². The third-order valence-corrected chi connectivity index (χ3v) is 6.68. The highest BCUT2D eigenvalue weighted by Gasteiger charge is 2.30. The van der Waals surface area contributed by atoms with Crippen molar-refractivity contribution in [2.45, 2.75) is 11.3 Å². The van der Waals surface area contributed by atoms with Gasteiger partial charge in [-0.3, -0.25) is 0 Å². The minimum Gasteiger partial charge on any atom is -0.493 e. The normalized spacial score (nSPS) is 16.5. The van der Waals surface area contributed by atoms with E-state index in [1.165, 1.54) is 11.0 Å². The Kier molecular flexibility index (Phi) is 6.53. The quantitative estimate of drug-likeness (QED) is 0.726. The molecule has 2 aromatic carbocycles. The van der Waals surface area contributed by atoms with Crippen LogP contribution >= 0.6 is 11.6 Å². The summed E-state index contributed by atoms with van der Waals surface area (Å²) in [7, 11) is -3.46. The molecule has 0 amide bonds. The predicted molar refractivity (Wildman–Crippen MR) is 102 cm³/mol. The Morgan fingerprint density at radius 3 is 2.46 bits per heavy atom. The van der Waals surface area contributed by atoms with E-state index in [0.717, 1.165) is 31.8 Å². The van der Waals surface area contributed by atoms with Crippen molar-refractivity contribution in [2.24, 2.45) is 0 Å². The Morgan fingerprint density at radius 2 is 1.77 bits per heavy atom. The summed E-state index contributed by atoms with van der Waals surface area (Å²) in [5.74, 6) is 0.889. The van der Waals surface area contributed by atoms with Gasteiger partial charge in [0.2, 0.25) is 10.0 Å². The molecule has 0 unspecified atom stereocenters. The first-order valence-corrected chi connectivity index (χ1v) is 10.6. The molecule has 0 radical (unpaired) electrons. The summed E-state index contributed by atoms with van der Waals surface area (Å²) < 4.78 is 32.7. The summed E-state index contributed by atoms with van der Waals surface area (Å²) in [5.41, 5.74) is 0. The molecule has 1 heterocycles. The molecule has 140 valence electrons. The van der Waals surface area contributed by atoms with Crippen LogP contribution < -0.4 is 9.64 Å². The van der Waals surface area contributed by atoms with Gasteiger partial charge in [0, 0.05) is 11.4 Å². The summed E-state index contributed by atoms with van der Waals surface area (Å²) in [6.07, 6.45) is 0.950. The molecule has 26 heavy (non-hydrogen) atoms. The van der Waals surface area contributed by atoms with Crippen LogP contribution in [0.25, 0.3) is 0 Å². The van der Waals surface area contributed by atoms with Crippen molar-refractivity contribution in [3.8, 4) is 5.75 Å². The lowest BCUT2D eigenvalue weighted by atomic mass is 10.3. The summed E-state index contributed by atoms with van der Waals surface area (Å²) in [6, 6.07) is 16.2. The van der Waals surface area contributed by atoms with Gasteiger partial charge in [0.05, 0.1) is 44.2 Å². The molecule has 1 aliphatic heterocycles. The van der Waals surface area contributed by atoms with Crippen LogP contribution in [0.15, 0.2) is 59.5 Å². The van der Waals surface area contributed by atoms with Gasteiger partial charge in [0.25, 0.3) is 0 Å². The van der Waals surface area contributed by atoms with E-state index in [1.54, 1.807) is 22.5 Å². The van der Waals surface area contributed by atoms with Crippen LogP contribution in [0, 0.1) is 0 Å². The first kappa shape index (κ1) is 19.2. The van der Waals surface area contributed by atoms with E-state index in [-0.39, 0.29) is 4.90 Å². The smallest absolute Gasteiger partial charge is 0.243 e. The van der Waals surface area contributed by atoms with E-state index in [4.69, 9.17) is 16.3 Å². The van der Waals surface area contributed by atoms with Crippen LogP contribution in [0.5, 0.6) is 5.75 Å². The second-order valence-electron chi connectivity index (χ2n) is 6.38. The maximum Gasteiger partial charge on any atom is 0.243 e. The van der Waals surface area contributed by atoms with E-state index in [0.29, 0.717) is 24.7 Å². The zero-order valence-corrected chi connectivity index (χ0v) is 16.2. The summed E-state index contributed by atoms with van der Waals surface area (Å²) in [5, 5.41) is 0.439. The van der Waals surface area contributed by atoms with Gasteiger partial charge in [-0.1, -0.05) is 35.9 Å². The van der Waals surface area contributed by atoms with Gasteiger partial charge >= 0.3 is 0 Å². The van der Waals surface area contributed by atoms with E-state index >= 15 is 0 Å². The summed E-state index contributed by atoms with van der Waals surface area (Å²) >= 11 is 5.93. The maximum atomic E-state index is 12.7. The van der Waals surface area contributed by atoms with Gasteiger partial charge in [0.15, 0.2) is 0 Å². The third-order valence-electron chi connectivity index (χ3n) is 4.55. The van der Waals surface area contributed by atoms with Crippen molar-refractivity contribution in [1.82, 2.24) is 4.31 Å². The van der Waals surface area contributed by atoms with Gasteiger partial charge in [0.1, 0.15) is 5.75 Å². The molecule has 0 atom stereocenters. The van der Waals surface area contributed by atoms with Crippen LogP contribution in [-0.4, -0.2) is 52.1 Å². The van der Waals surface area contributed by atoms with Crippen LogP contribution in [0.1, 0.15) is 6.42 Å². The van der Waals surface area contributed by atoms with Crippen molar-refractivity contribution in [1.29, 1.82) is 0 Å². The average Bonchev–Trinajstić information content (AvgIpc) is 2.66. The topological polar surface area (TPSA) is 51.0 Å². The molecule has 1 fully saturated rings. The first-order chi connectivity index (χ1) is 12.6. The second-order valence-corrected chi connectivity index (χ2v) is 8.75. The highest BCUT2D eigenvalue weighted by molar-refractivity contribution is 7.89. The molecule has 5 nitrogen and oxygen atoms in total. The number of ether oxygens (including phenoxy) is 1. The number of nitrogens with one attached hydrogen (secondary N) is 1. The molecule has 1 aliphatic rings. The molecular weight excluding hydrogens is 372 g/mol. The lowest BCUT2D eigenvalue weighted by Gasteiger charge is -2.31. The number of nitrogens with zero attached hydrogens (tertiary/aromatic N) is 1. The first-order valence-electron chi connectivity index (χ1n) is 8.83. The number of quaternary nitrogens is 1. The summed E-state index contributed by atoms with van der Waals surface area (Å²) in [4.78, 5) is 1.68. The van der Waals surface area contributed by atoms with E-state index < -0.39 is 10.0 Å². The number of sulfonamides is 1. The number of piperazine rings is 1. The van der Waals surface area contributed by atoms with Crippen LogP contribution in [-0.2, 0) is 10.0 Å². The molecule has 0 aromatic heterocycles. The number of halogens is 1. The highest BCUT2D eigenvalue weighted by atomic mass is 35.5. The largest absolute Gasteiger partial charge is 0.493 e. The Bertz CT molecular complexity index is 807. The van der Waals surface area contributed by atoms with E-state index in [2.05, 4.69) is 0 Å². The molecule has 0 bridgehead atoms. The molecule has 0 spiro atoms. The number of hydrogen-bond donors (Lipinski definition) is 1. The zero-order chi connectivity index (χ0) is 18.4. The number of hydrogen-bond acceptors (Lipinski definition) is 3. The predicted octanol–water partition coefficient (Wildman–Crippen LogP) is 1.70. The zero-order valence-electron chi connectivity index (χ0n) is 14.6. The average molecular weight is 396 g/mol. The van der Waals surface area contributed by atoms with E-state index in [9.17, 15) is 8.42 Å². The van der Waals surface area contributed by atoms with Crippen molar-refractivity contribution in [3.05, 3.63) is 59.6 Å². The monoisotopic (exact) mass is 395 g/mol. The molecule has 0 aliphatic carbocycles. The fourth-order valence-electron chi connectivity index (χ4n) is 3.10. The van der Waals surface area contributed by atoms with Crippen LogP contribution in [0.2, 0.25) is 5.02 Å². The molecule has 1 saturated heterocycles. The van der Waals surface area contributed by atoms with Gasteiger partial charge in [-0.05, 0) is 30.3 Å². The number of benzene rings is 2. The standard InChI is InChI=1S/C19H23ClN2O3S/c20-17-6-4-9-19(16-17)26(23,24)22-13-11-21(12-14-22)10-5-15-25-18-7-2-1-3-8-18/h1-4,6-9,16H,5,10-15H2/p+1. The van der Waals surface area contributed by atoms with Gasteiger partial charge in [-0.15, -0.1) is 0 Å². The van der Waals surface area contributed by atoms with Crippen molar-refractivity contribution < 1.29 is 18.1 Å². The Labute approximate surface area is 160 Å². The Balaban J connectivity index is 1.44. The van der Waals surface area contributed by atoms with Gasteiger partial charge in [-0.2, -0.15) is 4.31 Å². The maximum absolute atomic E-state index is 12.7. The minimum absolute atomic E-state index is 0.268. The second kappa shape index (κ2) is 8.86.